The van der Waals surface area contributed by atoms with Crippen LogP contribution < -0.4 is 15.3 Å². The molecule has 1 radical (unpaired) electrons. The predicted octanol–water partition coefficient (Wildman–Crippen LogP) is 8.88. The van der Waals surface area contributed by atoms with Crippen molar-refractivity contribution >= 4 is 59.4 Å². The molecule has 5 aromatic rings. The summed E-state index contributed by atoms with van der Waals surface area (Å²) in [5, 5.41) is 4.64. The minimum absolute atomic E-state index is 0.110. The molecule has 1 heterocycles. The molecule has 0 spiro atoms. The van der Waals surface area contributed by atoms with E-state index in [4.69, 9.17) is 25.5 Å². The lowest BCUT2D eigenvalue weighted by molar-refractivity contribution is -0.152. The molecule has 52 heavy (non-hydrogen) atoms. The highest BCUT2D eigenvalue weighted by Gasteiger charge is 2.48. The maximum Gasteiger partial charge on any atom is 0.308 e. The highest BCUT2D eigenvalue weighted by molar-refractivity contribution is 6.80. The van der Waals surface area contributed by atoms with Gasteiger partial charge in [-0.25, -0.2) is 0 Å². The number of hydrogen-bond acceptors (Lipinski definition) is 5. The van der Waals surface area contributed by atoms with Gasteiger partial charge in [0, 0.05) is 16.0 Å². The molecule has 6 nitrogen and oxygen atoms in total. The second-order valence-corrected chi connectivity index (χ2v) is 17.7. The standard InChI is InChI=1S/C44H47ClNO5Si/c1-7-49-39(47)28-38-41(48)46(37-26-25-31(45)27-36(37)40(50-38)35-24-16-18-30-17-14-15-23-34(30)35)42(44(5,6)29-43(2,3)4)51-52(32-19-10-8-11-20-32)33-21-12-9-13-22-33/h8-27,38,40,42H,7,28-29H2,1-6H3/t38-,40-,42?/m1/s1. The number of ether oxygens (including phenoxy) is 2. The summed E-state index contributed by atoms with van der Waals surface area (Å²) in [4.78, 5) is 30.4. The first kappa shape index (κ1) is 37.5. The molecule has 0 aromatic heterocycles. The van der Waals surface area contributed by atoms with Gasteiger partial charge in [-0.05, 0) is 63.7 Å². The third-order valence-corrected chi connectivity index (χ3v) is 11.7. The molecule has 3 atom stereocenters. The van der Waals surface area contributed by atoms with E-state index < -0.39 is 38.9 Å². The summed E-state index contributed by atoms with van der Waals surface area (Å²) in [6.07, 6.45) is -2.20. The van der Waals surface area contributed by atoms with Crippen molar-refractivity contribution in [2.75, 3.05) is 11.5 Å². The summed E-state index contributed by atoms with van der Waals surface area (Å²) >= 11 is 6.79. The molecule has 1 unspecified atom stereocenters. The van der Waals surface area contributed by atoms with E-state index in [1.807, 2.05) is 72.8 Å². The molecule has 0 saturated heterocycles. The second kappa shape index (κ2) is 15.8. The molecule has 8 heteroatoms. The van der Waals surface area contributed by atoms with Crippen molar-refractivity contribution in [3.8, 4) is 0 Å². The molecular weight excluding hydrogens is 686 g/mol. The third-order valence-electron chi connectivity index (χ3n) is 9.30. The van der Waals surface area contributed by atoms with Gasteiger partial charge in [-0.15, -0.1) is 0 Å². The monoisotopic (exact) mass is 732 g/mol. The number of esters is 1. The highest BCUT2D eigenvalue weighted by Crippen LogP contribution is 2.46. The van der Waals surface area contributed by atoms with E-state index in [0.29, 0.717) is 10.7 Å². The van der Waals surface area contributed by atoms with Crippen molar-refractivity contribution < 1.29 is 23.5 Å². The number of hydrogen-bond donors (Lipinski definition) is 0. The van der Waals surface area contributed by atoms with Crippen molar-refractivity contribution in [1.29, 1.82) is 0 Å². The van der Waals surface area contributed by atoms with Gasteiger partial charge in [-0.3, -0.25) is 14.5 Å². The summed E-state index contributed by atoms with van der Waals surface area (Å²) in [5.74, 6) is -0.875. The van der Waals surface area contributed by atoms with Crippen LogP contribution in [0.25, 0.3) is 10.8 Å². The molecule has 5 aromatic carbocycles. The third kappa shape index (κ3) is 8.34. The van der Waals surface area contributed by atoms with Crippen LogP contribution in [0.5, 0.6) is 0 Å². The fraction of sp³-hybridized carbons (Fsp3) is 0.318. The Labute approximate surface area is 314 Å². The fourth-order valence-electron chi connectivity index (χ4n) is 7.60. The van der Waals surface area contributed by atoms with Gasteiger partial charge >= 0.3 is 5.97 Å². The van der Waals surface area contributed by atoms with Gasteiger partial charge in [0.05, 0.1) is 18.7 Å². The lowest BCUT2D eigenvalue weighted by Crippen LogP contribution is -2.59. The Morgan fingerprint density at radius 3 is 2.08 bits per heavy atom. The summed E-state index contributed by atoms with van der Waals surface area (Å²) in [6, 6.07) is 40.2. The van der Waals surface area contributed by atoms with Gasteiger partial charge < -0.3 is 13.9 Å². The van der Waals surface area contributed by atoms with Gasteiger partial charge in [0.2, 0.25) is 0 Å². The molecule has 6 rings (SSSR count). The number of benzene rings is 5. The Hall–Kier alpha value is -4.27. The molecule has 0 fully saturated rings. The van der Waals surface area contributed by atoms with Crippen LogP contribution >= 0.6 is 11.6 Å². The lowest BCUT2D eigenvalue weighted by atomic mass is 9.74. The van der Waals surface area contributed by atoms with Crippen molar-refractivity contribution in [2.45, 2.75) is 72.8 Å². The van der Waals surface area contributed by atoms with Gasteiger partial charge in [0.15, 0.2) is 0 Å². The van der Waals surface area contributed by atoms with Crippen molar-refractivity contribution in [2.24, 2.45) is 10.8 Å². The Balaban J connectivity index is 1.60. The van der Waals surface area contributed by atoms with E-state index in [0.717, 1.165) is 38.7 Å². The summed E-state index contributed by atoms with van der Waals surface area (Å²) < 4.78 is 19.8. The van der Waals surface area contributed by atoms with Crippen LogP contribution in [0.3, 0.4) is 0 Å². The van der Waals surface area contributed by atoms with Crippen LogP contribution in [-0.2, 0) is 23.5 Å². The topological polar surface area (TPSA) is 65.1 Å². The minimum atomic E-state index is -1.92. The van der Waals surface area contributed by atoms with E-state index in [2.05, 4.69) is 77.1 Å². The molecule has 0 bridgehead atoms. The number of nitrogens with zero attached hydrogens (tertiary/aromatic N) is 1. The van der Waals surface area contributed by atoms with Gasteiger partial charge in [0.1, 0.15) is 18.4 Å². The zero-order valence-electron chi connectivity index (χ0n) is 30.8. The minimum Gasteiger partial charge on any atom is -0.466 e. The van der Waals surface area contributed by atoms with E-state index in [9.17, 15) is 4.79 Å². The average Bonchev–Trinajstić information content (AvgIpc) is 3.22. The van der Waals surface area contributed by atoms with E-state index >= 15 is 4.79 Å². The van der Waals surface area contributed by atoms with Crippen molar-refractivity contribution in [3.63, 3.8) is 0 Å². The Morgan fingerprint density at radius 2 is 1.44 bits per heavy atom. The van der Waals surface area contributed by atoms with E-state index in [1.54, 1.807) is 17.9 Å². The number of amides is 1. The Kier molecular flexibility index (Phi) is 11.4. The summed E-state index contributed by atoms with van der Waals surface area (Å²) in [5.41, 5.74) is 1.53. The zero-order chi connectivity index (χ0) is 37.0. The number of carbonyl (C=O) groups is 2. The van der Waals surface area contributed by atoms with Crippen LogP contribution in [0, 0.1) is 10.8 Å². The predicted molar refractivity (Wildman–Crippen MR) is 211 cm³/mol. The first-order valence-corrected chi connectivity index (χ1v) is 19.7. The molecule has 1 aliphatic rings. The molecule has 1 amide bonds. The SMILES string of the molecule is CCOC(=O)C[C@H]1O[C@H](c2cccc3ccccc23)c2cc(Cl)ccc2N(C(O[Si](c2ccccc2)c2ccccc2)C(C)(C)CC(C)(C)C)C1=O. The molecular formula is C44H47ClNO5Si. The number of carbonyl (C=O) groups excluding carboxylic acids is 2. The Bertz CT molecular complexity index is 1970. The molecule has 0 saturated carbocycles. The molecule has 1 aliphatic heterocycles. The normalized spacial score (nSPS) is 17.2. The summed E-state index contributed by atoms with van der Waals surface area (Å²) in [7, 11) is -1.92. The molecule has 0 N–H and O–H groups in total. The van der Waals surface area contributed by atoms with Crippen LogP contribution in [0.15, 0.2) is 121 Å². The first-order valence-electron chi connectivity index (χ1n) is 17.9. The van der Waals surface area contributed by atoms with E-state index in [-0.39, 0.29) is 24.3 Å². The molecule has 0 aliphatic carbocycles. The van der Waals surface area contributed by atoms with E-state index in [1.165, 1.54) is 0 Å². The van der Waals surface area contributed by atoms with Gasteiger partial charge in [-0.1, -0.05) is 149 Å². The smallest absolute Gasteiger partial charge is 0.308 e. The lowest BCUT2D eigenvalue weighted by Gasteiger charge is -2.46. The van der Waals surface area contributed by atoms with Crippen LogP contribution in [0.4, 0.5) is 5.69 Å². The summed E-state index contributed by atoms with van der Waals surface area (Å²) in [6.45, 7) is 12.9. The second-order valence-electron chi connectivity index (χ2n) is 15.3. The van der Waals surface area contributed by atoms with Gasteiger partial charge in [0.25, 0.3) is 14.9 Å². The average molecular weight is 733 g/mol. The van der Waals surface area contributed by atoms with Crippen LogP contribution in [0.1, 0.15) is 71.6 Å². The maximum atomic E-state index is 15.4. The number of rotatable bonds is 11. The quantitative estimate of drug-likeness (QED) is 0.100. The number of halogens is 1. The zero-order valence-corrected chi connectivity index (χ0v) is 32.5. The maximum absolute atomic E-state index is 15.4. The first-order chi connectivity index (χ1) is 24.9. The highest BCUT2D eigenvalue weighted by atomic mass is 35.5. The Morgan fingerprint density at radius 1 is 0.827 bits per heavy atom. The number of fused-ring (bicyclic) bond motifs is 2. The van der Waals surface area contributed by atoms with Crippen LogP contribution in [0.2, 0.25) is 5.02 Å². The van der Waals surface area contributed by atoms with Crippen molar-refractivity contribution in [3.05, 3.63) is 137 Å². The molecule has 269 valence electrons. The number of anilines is 1. The largest absolute Gasteiger partial charge is 0.466 e. The van der Waals surface area contributed by atoms with Gasteiger partial charge in [-0.2, -0.15) is 0 Å². The fourth-order valence-corrected chi connectivity index (χ4v) is 10.0. The van der Waals surface area contributed by atoms with Crippen LogP contribution in [-0.4, -0.2) is 39.9 Å². The van der Waals surface area contributed by atoms with Crippen molar-refractivity contribution in [1.82, 2.24) is 0 Å².